The standard InChI is InChI=1S/C15H24N4OS/c1-9-5-7-15(8-6-9,14(16)21)17-13(20)12-10(2)18-19(4)11(12)3/h9H,5-8H2,1-4H3,(H2,16,21)(H,17,20). The Morgan fingerprint density at radius 2 is 2.00 bits per heavy atom. The van der Waals surface area contributed by atoms with E-state index in [2.05, 4.69) is 17.3 Å². The number of hydrogen-bond acceptors (Lipinski definition) is 3. The summed E-state index contributed by atoms with van der Waals surface area (Å²) in [6.07, 6.45) is 3.69. The van der Waals surface area contributed by atoms with Crippen molar-refractivity contribution in [2.45, 2.75) is 52.0 Å². The van der Waals surface area contributed by atoms with Crippen LogP contribution in [0.15, 0.2) is 0 Å². The van der Waals surface area contributed by atoms with Crippen LogP contribution in [0.5, 0.6) is 0 Å². The summed E-state index contributed by atoms with van der Waals surface area (Å²) in [5, 5.41) is 7.40. The molecular weight excluding hydrogens is 284 g/mol. The fraction of sp³-hybridized carbons (Fsp3) is 0.667. The largest absolute Gasteiger partial charge is 0.391 e. The SMILES string of the molecule is Cc1nn(C)c(C)c1C(=O)NC1(C(N)=S)CCC(C)CC1. The average Bonchev–Trinajstić information content (AvgIpc) is 2.66. The number of thiocarbonyl (C=S) groups is 1. The van der Waals surface area contributed by atoms with E-state index in [4.69, 9.17) is 18.0 Å². The minimum absolute atomic E-state index is 0.125. The molecule has 21 heavy (non-hydrogen) atoms. The Bertz CT molecular complexity index is 570. The van der Waals surface area contributed by atoms with Gasteiger partial charge in [-0.1, -0.05) is 19.1 Å². The van der Waals surface area contributed by atoms with Gasteiger partial charge in [-0.05, 0) is 45.4 Å². The predicted molar refractivity (Wildman–Crippen MR) is 87.3 cm³/mol. The quantitative estimate of drug-likeness (QED) is 0.838. The molecule has 1 aliphatic carbocycles. The topological polar surface area (TPSA) is 72.9 Å². The zero-order chi connectivity index (χ0) is 15.8. The van der Waals surface area contributed by atoms with Crippen LogP contribution in [0.1, 0.15) is 54.4 Å². The van der Waals surface area contributed by atoms with E-state index in [0.717, 1.165) is 37.1 Å². The van der Waals surface area contributed by atoms with Gasteiger partial charge >= 0.3 is 0 Å². The molecule has 6 heteroatoms. The Kier molecular flexibility index (Phi) is 4.37. The molecule has 0 saturated heterocycles. The van der Waals surface area contributed by atoms with Gasteiger partial charge < -0.3 is 11.1 Å². The number of carbonyl (C=O) groups is 1. The van der Waals surface area contributed by atoms with Gasteiger partial charge in [-0.25, -0.2) is 0 Å². The lowest BCUT2D eigenvalue weighted by molar-refractivity contribution is 0.0899. The molecular formula is C15H24N4OS. The highest BCUT2D eigenvalue weighted by atomic mass is 32.1. The van der Waals surface area contributed by atoms with Crippen molar-refractivity contribution >= 4 is 23.1 Å². The molecule has 116 valence electrons. The smallest absolute Gasteiger partial charge is 0.255 e. The van der Waals surface area contributed by atoms with Crippen molar-refractivity contribution in [2.24, 2.45) is 18.7 Å². The van der Waals surface area contributed by atoms with Gasteiger partial charge in [0.1, 0.15) is 0 Å². The second-order valence-electron chi connectivity index (χ2n) is 6.25. The second kappa shape index (κ2) is 5.75. The van der Waals surface area contributed by atoms with Crippen molar-refractivity contribution in [1.82, 2.24) is 15.1 Å². The molecule has 1 amide bonds. The third kappa shape index (κ3) is 2.95. The molecule has 0 radical (unpaired) electrons. The van der Waals surface area contributed by atoms with E-state index < -0.39 is 5.54 Å². The van der Waals surface area contributed by atoms with Crippen LogP contribution in [0.4, 0.5) is 0 Å². The number of nitrogens with one attached hydrogen (secondary N) is 1. The van der Waals surface area contributed by atoms with E-state index in [0.29, 0.717) is 16.5 Å². The van der Waals surface area contributed by atoms with Crippen molar-refractivity contribution in [1.29, 1.82) is 0 Å². The summed E-state index contributed by atoms with van der Waals surface area (Å²) < 4.78 is 1.72. The van der Waals surface area contributed by atoms with Gasteiger partial charge in [-0.15, -0.1) is 0 Å². The van der Waals surface area contributed by atoms with E-state index in [1.807, 2.05) is 20.9 Å². The van der Waals surface area contributed by atoms with Crippen LogP contribution in [0.3, 0.4) is 0 Å². The Labute approximate surface area is 131 Å². The highest BCUT2D eigenvalue weighted by Crippen LogP contribution is 2.32. The van der Waals surface area contributed by atoms with Gasteiger partial charge in [0, 0.05) is 12.7 Å². The molecule has 0 atom stereocenters. The first-order valence-electron chi connectivity index (χ1n) is 7.39. The Morgan fingerprint density at radius 3 is 2.43 bits per heavy atom. The van der Waals surface area contributed by atoms with Gasteiger partial charge in [0.15, 0.2) is 0 Å². The molecule has 1 saturated carbocycles. The number of aryl methyl sites for hydroxylation is 2. The number of nitrogens with zero attached hydrogens (tertiary/aromatic N) is 2. The lowest BCUT2D eigenvalue weighted by Gasteiger charge is -2.39. The molecule has 1 aromatic rings. The van der Waals surface area contributed by atoms with Gasteiger partial charge in [-0.3, -0.25) is 9.48 Å². The molecule has 1 heterocycles. The van der Waals surface area contributed by atoms with Crippen LogP contribution < -0.4 is 11.1 Å². The predicted octanol–water partition coefficient (Wildman–Crippen LogP) is 2.00. The van der Waals surface area contributed by atoms with Crippen molar-refractivity contribution < 1.29 is 4.79 Å². The van der Waals surface area contributed by atoms with Gasteiger partial charge in [0.05, 0.1) is 21.8 Å². The monoisotopic (exact) mass is 308 g/mol. The zero-order valence-electron chi connectivity index (χ0n) is 13.2. The molecule has 1 aliphatic rings. The number of hydrogen-bond donors (Lipinski definition) is 2. The summed E-state index contributed by atoms with van der Waals surface area (Å²) in [5.41, 5.74) is 7.62. The highest BCUT2D eigenvalue weighted by molar-refractivity contribution is 7.80. The van der Waals surface area contributed by atoms with E-state index in [1.165, 1.54) is 0 Å². The van der Waals surface area contributed by atoms with Crippen LogP contribution in [0, 0.1) is 19.8 Å². The summed E-state index contributed by atoms with van der Waals surface area (Å²) in [4.78, 5) is 13.1. The maximum atomic E-state index is 12.7. The first kappa shape index (κ1) is 15.9. The molecule has 1 aromatic heterocycles. The summed E-state index contributed by atoms with van der Waals surface area (Å²) in [6, 6.07) is 0. The second-order valence-corrected chi connectivity index (χ2v) is 6.69. The molecule has 2 rings (SSSR count). The number of nitrogens with two attached hydrogens (primary N) is 1. The molecule has 1 fully saturated rings. The molecule has 3 N–H and O–H groups in total. The summed E-state index contributed by atoms with van der Waals surface area (Å²) in [6.45, 7) is 5.96. The first-order chi connectivity index (χ1) is 9.77. The fourth-order valence-electron chi connectivity index (χ4n) is 3.07. The number of aromatic nitrogens is 2. The van der Waals surface area contributed by atoms with Gasteiger partial charge in [0.2, 0.25) is 0 Å². The zero-order valence-corrected chi connectivity index (χ0v) is 14.0. The summed E-state index contributed by atoms with van der Waals surface area (Å²) in [5.74, 6) is 0.534. The number of amides is 1. The lowest BCUT2D eigenvalue weighted by Crippen LogP contribution is -2.58. The van der Waals surface area contributed by atoms with E-state index in [9.17, 15) is 4.79 Å². The van der Waals surface area contributed by atoms with Crippen LogP contribution in [-0.2, 0) is 7.05 Å². The van der Waals surface area contributed by atoms with Crippen molar-refractivity contribution in [3.8, 4) is 0 Å². The van der Waals surface area contributed by atoms with Crippen LogP contribution in [0.25, 0.3) is 0 Å². The van der Waals surface area contributed by atoms with Crippen molar-refractivity contribution in [2.75, 3.05) is 0 Å². The van der Waals surface area contributed by atoms with Gasteiger partial charge in [0.25, 0.3) is 5.91 Å². The van der Waals surface area contributed by atoms with E-state index in [1.54, 1.807) is 4.68 Å². The fourth-order valence-corrected chi connectivity index (χ4v) is 3.33. The van der Waals surface area contributed by atoms with E-state index >= 15 is 0 Å². The normalized spacial score (nSPS) is 25.6. The lowest BCUT2D eigenvalue weighted by atomic mass is 9.77. The van der Waals surface area contributed by atoms with E-state index in [-0.39, 0.29) is 5.91 Å². The number of carbonyl (C=O) groups excluding carboxylic acids is 1. The molecule has 0 unspecified atom stereocenters. The Hall–Kier alpha value is -1.43. The van der Waals surface area contributed by atoms with Gasteiger partial charge in [-0.2, -0.15) is 5.10 Å². The Balaban J connectivity index is 2.25. The summed E-state index contributed by atoms with van der Waals surface area (Å²) >= 11 is 5.25. The molecule has 5 nitrogen and oxygen atoms in total. The summed E-state index contributed by atoms with van der Waals surface area (Å²) in [7, 11) is 1.84. The van der Waals surface area contributed by atoms with Crippen LogP contribution in [0.2, 0.25) is 0 Å². The molecule has 0 spiro atoms. The Morgan fingerprint density at radius 1 is 1.43 bits per heavy atom. The average molecular weight is 308 g/mol. The van der Waals surface area contributed by atoms with Crippen LogP contribution >= 0.6 is 12.2 Å². The molecule has 0 aliphatic heterocycles. The minimum atomic E-state index is -0.548. The molecule has 0 aromatic carbocycles. The van der Waals surface area contributed by atoms with Crippen molar-refractivity contribution in [3.63, 3.8) is 0 Å². The van der Waals surface area contributed by atoms with Crippen LogP contribution in [-0.4, -0.2) is 26.2 Å². The highest BCUT2D eigenvalue weighted by Gasteiger charge is 2.39. The minimum Gasteiger partial charge on any atom is -0.391 e. The number of rotatable bonds is 3. The van der Waals surface area contributed by atoms with Crippen molar-refractivity contribution in [3.05, 3.63) is 17.0 Å². The third-order valence-corrected chi connectivity index (χ3v) is 5.08. The third-order valence-electron chi connectivity index (χ3n) is 4.69. The first-order valence-corrected chi connectivity index (χ1v) is 7.80. The maximum absolute atomic E-state index is 12.7. The molecule has 0 bridgehead atoms. The maximum Gasteiger partial charge on any atom is 0.255 e.